The molecule has 2 fully saturated rings. The SMILES string of the molecule is Cc1c(C2CCCC2)ccc(OCCC2CCCC2)c1OC(F)(F)F. The van der Waals surface area contributed by atoms with Crippen molar-refractivity contribution in [3.63, 3.8) is 0 Å². The normalized spacial score (nSPS) is 19.5. The van der Waals surface area contributed by atoms with E-state index in [1.54, 1.807) is 13.0 Å². The number of alkyl halides is 3. The van der Waals surface area contributed by atoms with Gasteiger partial charge in [0.1, 0.15) is 0 Å². The van der Waals surface area contributed by atoms with E-state index in [4.69, 9.17) is 4.74 Å². The van der Waals surface area contributed by atoms with Gasteiger partial charge in [-0.1, -0.05) is 44.6 Å². The highest BCUT2D eigenvalue weighted by Gasteiger charge is 2.34. The molecular weight excluding hydrogens is 329 g/mol. The molecule has 2 aliphatic rings. The summed E-state index contributed by atoms with van der Waals surface area (Å²) in [6, 6.07) is 3.59. The van der Waals surface area contributed by atoms with E-state index in [0.29, 0.717) is 24.0 Å². The number of hydrogen-bond acceptors (Lipinski definition) is 2. The Morgan fingerprint density at radius 1 is 1.00 bits per heavy atom. The molecule has 2 nitrogen and oxygen atoms in total. The van der Waals surface area contributed by atoms with Crippen LogP contribution in [0.25, 0.3) is 0 Å². The quantitative estimate of drug-likeness (QED) is 0.578. The molecule has 0 amide bonds. The van der Waals surface area contributed by atoms with Crippen LogP contribution >= 0.6 is 0 Å². The first kappa shape index (κ1) is 18.4. The van der Waals surface area contributed by atoms with Crippen LogP contribution in [0.5, 0.6) is 11.5 Å². The molecule has 0 aromatic heterocycles. The summed E-state index contributed by atoms with van der Waals surface area (Å²) in [5, 5.41) is 0. The van der Waals surface area contributed by atoms with E-state index >= 15 is 0 Å². The van der Waals surface area contributed by atoms with Crippen LogP contribution in [0.3, 0.4) is 0 Å². The largest absolute Gasteiger partial charge is 0.573 e. The fourth-order valence-electron chi connectivity index (χ4n) is 4.35. The van der Waals surface area contributed by atoms with E-state index in [2.05, 4.69) is 4.74 Å². The maximum absolute atomic E-state index is 12.9. The van der Waals surface area contributed by atoms with Gasteiger partial charge >= 0.3 is 6.36 Å². The van der Waals surface area contributed by atoms with E-state index < -0.39 is 6.36 Å². The third-order valence-corrected chi connectivity index (χ3v) is 5.68. The molecule has 0 heterocycles. The zero-order chi connectivity index (χ0) is 17.9. The van der Waals surface area contributed by atoms with Gasteiger partial charge in [-0.3, -0.25) is 0 Å². The molecule has 3 rings (SSSR count). The first-order valence-corrected chi connectivity index (χ1v) is 9.46. The lowest BCUT2D eigenvalue weighted by molar-refractivity contribution is -0.275. The second-order valence-corrected chi connectivity index (χ2v) is 7.42. The molecule has 0 N–H and O–H groups in total. The average molecular weight is 356 g/mol. The number of hydrogen-bond donors (Lipinski definition) is 0. The number of benzene rings is 1. The first-order valence-electron chi connectivity index (χ1n) is 9.46. The van der Waals surface area contributed by atoms with Gasteiger partial charge in [-0.15, -0.1) is 13.2 Å². The molecule has 0 saturated heterocycles. The topological polar surface area (TPSA) is 18.5 Å². The predicted molar refractivity (Wildman–Crippen MR) is 91.1 cm³/mol. The van der Waals surface area contributed by atoms with Crippen LogP contribution in [0.15, 0.2) is 12.1 Å². The van der Waals surface area contributed by atoms with E-state index in [1.165, 1.54) is 25.7 Å². The van der Waals surface area contributed by atoms with Gasteiger partial charge < -0.3 is 9.47 Å². The van der Waals surface area contributed by atoms with Crippen LogP contribution in [0.1, 0.15) is 74.8 Å². The monoisotopic (exact) mass is 356 g/mol. The molecule has 0 spiro atoms. The van der Waals surface area contributed by atoms with Gasteiger partial charge in [-0.05, 0) is 55.2 Å². The van der Waals surface area contributed by atoms with E-state index in [0.717, 1.165) is 37.7 Å². The van der Waals surface area contributed by atoms with Crippen LogP contribution < -0.4 is 9.47 Å². The Morgan fingerprint density at radius 3 is 2.28 bits per heavy atom. The lowest BCUT2D eigenvalue weighted by atomic mass is 9.93. The Morgan fingerprint density at radius 2 is 1.64 bits per heavy atom. The minimum Gasteiger partial charge on any atom is -0.490 e. The summed E-state index contributed by atoms with van der Waals surface area (Å²) in [5.41, 5.74) is 1.54. The highest BCUT2D eigenvalue weighted by Crippen LogP contribution is 2.43. The van der Waals surface area contributed by atoms with Crippen molar-refractivity contribution in [3.8, 4) is 11.5 Å². The van der Waals surface area contributed by atoms with Crippen molar-refractivity contribution in [2.45, 2.75) is 77.0 Å². The molecule has 0 aliphatic heterocycles. The smallest absolute Gasteiger partial charge is 0.490 e. The Bertz CT molecular complexity index is 571. The molecule has 5 heteroatoms. The van der Waals surface area contributed by atoms with Crippen LogP contribution in [0, 0.1) is 12.8 Å². The molecule has 140 valence electrons. The number of ether oxygens (including phenoxy) is 2. The summed E-state index contributed by atoms with van der Waals surface area (Å²) in [6.45, 7) is 2.17. The number of halogens is 3. The van der Waals surface area contributed by atoms with Crippen LogP contribution in [0.2, 0.25) is 0 Å². The molecule has 0 unspecified atom stereocenters. The van der Waals surface area contributed by atoms with Gasteiger partial charge in [0.15, 0.2) is 11.5 Å². The van der Waals surface area contributed by atoms with Gasteiger partial charge in [0.05, 0.1) is 6.61 Å². The van der Waals surface area contributed by atoms with Gasteiger partial charge in [-0.25, -0.2) is 0 Å². The lowest BCUT2D eigenvalue weighted by Crippen LogP contribution is -2.19. The van der Waals surface area contributed by atoms with Crippen molar-refractivity contribution in [3.05, 3.63) is 23.3 Å². The Kier molecular flexibility index (Phi) is 5.80. The predicted octanol–water partition coefficient (Wildman–Crippen LogP) is 6.51. The molecule has 25 heavy (non-hydrogen) atoms. The summed E-state index contributed by atoms with van der Waals surface area (Å²) < 4.78 is 48.8. The van der Waals surface area contributed by atoms with E-state index in [9.17, 15) is 13.2 Å². The van der Waals surface area contributed by atoms with Crippen LogP contribution in [0.4, 0.5) is 13.2 Å². The minimum absolute atomic E-state index is 0.150. The molecule has 0 radical (unpaired) electrons. The second kappa shape index (κ2) is 7.88. The van der Waals surface area contributed by atoms with Crippen molar-refractivity contribution in [1.82, 2.24) is 0 Å². The highest BCUT2D eigenvalue weighted by atomic mass is 19.4. The standard InChI is InChI=1S/C20H27F3O2/c1-14-17(16-8-4-5-9-16)10-11-18(19(14)25-20(21,22)23)24-13-12-15-6-2-3-7-15/h10-11,15-16H,2-9,12-13H2,1H3. The van der Waals surface area contributed by atoms with Crippen LogP contribution in [-0.4, -0.2) is 13.0 Å². The van der Waals surface area contributed by atoms with Gasteiger partial charge in [0.2, 0.25) is 0 Å². The third kappa shape index (κ3) is 4.83. The molecule has 1 aromatic carbocycles. The molecule has 2 aliphatic carbocycles. The first-order chi connectivity index (χ1) is 11.9. The number of rotatable bonds is 6. The summed E-state index contributed by atoms with van der Waals surface area (Å²) in [4.78, 5) is 0. The highest BCUT2D eigenvalue weighted by molar-refractivity contribution is 5.51. The zero-order valence-corrected chi connectivity index (χ0v) is 14.8. The molecular formula is C20H27F3O2. The lowest BCUT2D eigenvalue weighted by Gasteiger charge is -2.21. The van der Waals surface area contributed by atoms with Crippen molar-refractivity contribution >= 4 is 0 Å². The minimum atomic E-state index is -4.71. The Hall–Kier alpha value is -1.39. The average Bonchev–Trinajstić information content (AvgIpc) is 3.23. The van der Waals surface area contributed by atoms with Crippen LogP contribution in [-0.2, 0) is 0 Å². The zero-order valence-electron chi connectivity index (χ0n) is 14.8. The summed E-state index contributed by atoms with van der Waals surface area (Å²) in [7, 11) is 0. The molecule has 0 atom stereocenters. The second-order valence-electron chi connectivity index (χ2n) is 7.42. The summed E-state index contributed by atoms with van der Waals surface area (Å²) in [6.07, 6.45) is 5.45. The van der Waals surface area contributed by atoms with Gasteiger partial charge in [0, 0.05) is 0 Å². The Balaban J connectivity index is 1.76. The van der Waals surface area contributed by atoms with E-state index in [-0.39, 0.29) is 11.5 Å². The maximum Gasteiger partial charge on any atom is 0.573 e. The van der Waals surface area contributed by atoms with Crippen molar-refractivity contribution in [2.24, 2.45) is 5.92 Å². The Labute approximate surface area is 147 Å². The maximum atomic E-state index is 12.9. The van der Waals surface area contributed by atoms with Crippen molar-refractivity contribution in [1.29, 1.82) is 0 Å². The van der Waals surface area contributed by atoms with Crippen molar-refractivity contribution < 1.29 is 22.6 Å². The fourth-order valence-corrected chi connectivity index (χ4v) is 4.35. The molecule has 0 bridgehead atoms. The third-order valence-electron chi connectivity index (χ3n) is 5.68. The van der Waals surface area contributed by atoms with Crippen molar-refractivity contribution in [2.75, 3.05) is 6.61 Å². The summed E-state index contributed by atoms with van der Waals surface area (Å²) in [5.74, 6) is 1.05. The van der Waals surface area contributed by atoms with Gasteiger partial charge in [-0.2, -0.15) is 0 Å². The summed E-state index contributed by atoms with van der Waals surface area (Å²) >= 11 is 0. The molecule has 1 aromatic rings. The van der Waals surface area contributed by atoms with Gasteiger partial charge in [0.25, 0.3) is 0 Å². The molecule has 2 saturated carbocycles. The van der Waals surface area contributed by atoms with E-state index in [1.807, 2.05) is 6.07 Å². The fraction of sp³-hybridized carbons (Fsp3) is 0.700.